The Labute approximate surface area is 185 Å². The molecule has 5 aromatic rings. The van der Waals surface area contributed by atoms with Crippen LogP contribution in [0, 0.1) is 0 Å². The molecule has 0 radical (unpaired) electrons. The molecule has 6 rings (SSSR count). The van der Waals surface area contributed by atoms with Gasteiger partial charge < -0.3 is 15.2 Å². The Balaban J connectivity index is 1.27. The van der Waals surface area contributed by atoms with Crippen molar-refractivity contribution in [2.75, 3.05) is 18.4 Å². The van der Waals surface area contributed by atoms with Crippen molar-refractivity contribution in [3.8, 4) is 0 Å². The number of aromatic amines is 1. The lowest BCUT2D eigenvalue weighted by Gasteiger charge is -2.21. The third-order valence-electron chi connectivity index (χ3n) is 6.10. The van der Waals surface area contributed by atoms with Gasteiger partial charge in [-0.15, -0.1) is 0 Å². The van der Waals surface area contributed by atoms with E-state index in [1.54, 1.807) is 0 Å². The van der Waals surface area contributed by atoms with Gasteiger partial charge in [0.2, 0.25) is 0 Å². The maximum atomic E-state index is 5.74. The van der Waals surface area contributed by atoms with E-state index in [1.807, 2.05) is 24.3 Å². The van der Waals surface area contributed by atoms with Crippen LogP contribution in [0.15, 0.2) is 72.8 Å². The van der Waals surface area contributed by atoms with Gasteiger partial charge in [0.1, 0.15) is 5.52 Å². The predicted octanol–water partition coefficient (Wildman–Crippen LogP) is 5.45. The highest BCUT2D eigenvalue weighted by Crippen LogP contribution is 2.29. The van der Waals surface area contributed by atoms with E-state index in [2.05, 4.69) is 63.7 Å². The summed E-state index contributed by atoms with van der Waals surface area (Å²) in [6, 6.07) is 24.9. The molecule has 0 saturated carbocycles. The third kappa shape index (κ3) is 3.29. The van der Waals surface area contributed by atoms with Gasteiger partial charge in [-0.05, 0) is 54.5 Å². The highest BCUT2D eigenvalue weighted by Gasteiger charge is 2.25. The number of para-hydroxylation sites is 2. The van der Waals surface area contributed by atoms with Crippen LogP contribution < -0.4 is 5.32 Å². The van der Waals surface area contributed by atoms with Crippen molar-refractivity contribution >= 4 is 56.1 Å². The number of rotatable bonds is 2. The molecule has 0 bridgehead atoms. The number of nitrogens with one attached hydrogen (secondary N) is 2. The van der Waals surface area contributed by atoms with E-state index in [-0.39, 0.29) is 0 Å². The van der Waals surface area contributed by atoms with Crippen LogP contribution in [0.3, 0.4) is 0 Å². The van der Waals surface area contributed by atoms with Crippen LogP contribution in [-0.2, 0) is 0 Å². The number of fused-ring (bicyclic) bond motifs is 4. The van der Waals surface area contributed by atoms with Crippen LogP contribution >= 0.6 is 12.2 Å². The van der Waals surface area contributed by atoms with Crippen molar-refractivity contribution < 1.29 is 0 Å². The van der Waals surface area contributed by atoms with Crippen LogP contribution in [0.1, 0.15) is 17.9 Å². The van der Waals surface area contributed by atoms with E-state index in [0.717, 1.165) is 63.4 Å². The van der Waals surface area contributed by atoms with Gasteiger partial charge in [-0.3, -0.25) is 0 Å². The third-order valence-corrected chi connectivity index (χ3v) is 6.46. The van der Waals surface area contributed by atoms with Crippen molar-refractivity contribution in [3.63, 3.8) is 0 Å². The first-order valence-electron chi connectivity index (χ1n) is 10.5. The first-order valence-corrected chi connectivity index (χ1v) is 10.9. The molecule has 1 aliphatic rings. The summed E-state index contributed by atoms with van der Waals surface area (Å²) < 4.78 is 0. The highest BCUT2D eigenvalue weighted by molar-refractivity contribution is 7.80. The summed E-state index contributed by atoms with van der Waals surface area (Å²) in [6.07, 6.45) is 1.12. The number of hydrogen-bond acceptors (Lipinski definition) is 3. The Kier molecular flexibility index (Phi) is 4.32. The van der Waals surface area contributed by atoms with Gasteiger partial charge >= 0.3 is 0 Å². The van der Waals surface area contributed by atoms with Gasteiger partial charge in [-0.2, -0.15) is 0 Å². The normalized spacial score (nSPS) is 16.4. The number of aromatic nitrogens is 3. The zero-order valence-corrected chi connectivity index (χ0v) is 17.7. The van der Waals surface area contributed by atoms with Crippen LogP contribution in [0.2, 0.25) is 0 Å². The SMILES string of the molecule is S=C(Nc1ccc2[nH]c3nc4ccccc4nc3c2c1)N1CC[C@@H](c2ccccc2)C1. The first-order chi connectivity index (χ1) is 15.2. The average Bonchev–Trinajstić information content (AvgIpc) is 3.43. The summed E-state index contributed by atoms with van der Waals surface area (Å²) >= 11 is 5.74. The van der Waals surface area contributed by atoms with Gasteiger partial charge in [0, 0.05) is 35.6 Å². The molecule has 1 fully saturated rings. The van der Waals surface area contributed by atoms with Crippen LogP contribution in [0.4, 0.5) is 5.69 Å². The number of nitrogens with zero attached hydrogens (tertiary/aromatic N) is 3. The van der Waals surface area contributed by atoms with E-state index in [4.69, 9.17) is 22.2 Å². The maximum absolute atomic E-state index is 5.74. The fraction of sp³-hybridized carbons (Fsp3) is 0.160. The summed E-state index contributed by atoms with van der Waals surface area (Å²) in [6.45, 7) is 1.92. The molecule has 0 amide bonds. The zero-order valence-electron chi connectivity index (χ0n) is 16.9. The molecule has 2 N–H and O–H groups in total. The summed E-state index contributed by atoms with van der Waals surface area (Å²) in [7, 11) is 0. The molecule has 0 spiro atoms. The minimum Gasteiger partial charge on any atom is -0.348 e. The Morgan fingerprint density at radius 2 is 1.74 bits per heavy atom. The topological polar surface area (TPSA) is 56.8 Å². The second-order valence-electron chi connectivity index (χ2n) is 8.07. The number of thiocarbonyl (C=S) groups is 1. The largest absolute Gasteiger partial charge is 0.348 e. The Hall–Kier alpha value is -3.51. The van der Waals surface area contributed by atoms with Gasteiger partial charge in [-0.25, -0.2) is 9.97 Å². The van der Waals surface area contributed by atoms with Crippen LogP contribution in [0.25, 0.3) is 33.1 Å². The summed E-state index contributed by atoms with van der Waals surface area (Å²) in [5.74, 6) is 0.528. The molecule has 152 valence electrons. The standard InChI is InChI=1S/C25H21N5S/c31-25(30-13-12-17(15-30)16-6-2-1-3-7-16)26-18-10-11-20-19(14-18)23-24(28-20)29-22-9-5-4-8-21(22)27-23/h1-11,14,17H,12-13,15H2,(H,26,31)(H,28,29)/t17-/m1/s1. The number of H-pyrrole nitrogens is 1. The zero-order chi connectivity index (χ0) is 20.8. The molecule has 1 saturated heterocycles. The summed E-state index contributed by atoms with van der Waals surface area (Å²) in [5, 5.41) is 5.25. The minimum absolute atomic E-state index is 0.528. The fourth-order valence-corrected chi connectivity index (χ4v) is 4.76. The van der Waals surface area contributed by atoms with Crippen molar-refractivity contribution in [3.05, 3.63) is 78.4 Å². The summed E-state index contributed by atoms with van der Waals surface area (Å²) in [5.41, 5.74) is 6.85. The number of hydrogen-bond donors (Lipinski definition) is 2. The van der Waals surface area contributed by atoms with E-state index >= 15 is 0 Å². The van der Waals surface area contributed by atoms with Crippen LogP contribution in [0.5, 0.6) is 0 Å². The highest BCUT2D eigenvalue weighted by atomic mass is 32.1. The maximum Gasteiger partial charge on any atom is 0.173 e. The average molecular weight is 424 g/mol. The minimum atomic E-state index is 0.528. The number of likely N-dealkylation sites (tertiary alicyclic amines) is 1. The second kappa shape index (κ2) is 7.32. The van der Waals surface area contributed by atoms with Crippen molar-refractivity contribution in [2.24, 2.45) is 0 Å². The lowest BCUT2D eigenvalue weighted by Crippen LogP contribution is -2.32. The van der Waals surface area contributed by atoms with E-state index in [1.165, 1.54) is 5.56 Å². The van der Waals surface area contributed by atoms with Gasteiger partial charge in [0.25, 0.3) is 0 Å². The smallest absolute Gasteiger partial charge is 0.173 e. The van der Waals surface area contributed by atoms with E-state index < -0.39 is 0 Å². The molecule has 3 aromatic carbocycles. The summed E-state index contributed by atoms with van der Waals surface area (Å²) in [4.78, 5) is 15.2. The Morgan fingerprint density at radius 3 is 2.58 bits per heavy atom. The molecule has 2 aromatic heterocycles. The van der Waals surface area contributed by atoms with Crippen molar-refractivity contribution in [2.45, 2.75) is 12.3 Å². The molecular formula is C25H21N5S. The molecule has 5 nitrogen and oxygen atoms in total. The molecule has 3 heterocycles. The molecule has 31 heavy (non-hydrogen) atoms. The van der Waals surface area contributed by atoms with Crippen molar-refractivity contribution in [1.29, 1.82) is 0 Å². The molecular weight excluding hydrogens is 402 g/mol. The van der Waals surface area contributed by atoms with Gasteiger partial charge in [0.05, 0.1) is 11.0 Å². The molecule has 1 aliphatic heterocycles. The fourth-order valence-electron chi connectivity index (χ4n) is 4.47. The Morgan fingerprint density at radius 1 is 0.968 bits per heavy atom. The Bertz CT molecular complexity index is 1430. The van der Waals surface area contributed by atoms with Crippen LogP contribution in [-0.4, -0.2) is 38.1 Å². The predicted molar refractivity (Wildman–Crippen MR) is 130 cm³/mol. The van der Waals surface area contributed by atoms with E-state index in [0.29, 0.717) is 5.92 Å². The number of anilines is 1. The quantitative estimate of drug-likeness (QED) is 0.370. The van der Waals surface area contributed by atoms with Gasteiger partial charge in [-0.1, -0.05) is 42.5 Å². The number of benzene rings is 3. The van der Waals surface area contributed by atoms with E-state index in [9.17, 15) is 0 Å². The second-order valence-corrected chi connectivity index (χ2v) is 8.45. The van der Waals surface area contributed by atoms with Gasteiger partial charge in [0.15, 0.2) is 10.8 Å². The van der Waals surface area contributed by atoms with Crippen molar-refractivity contribution in [1.82, 2.24) is 19.9 Å². The first kappa shape index (κ1) is 18.3. The molecule has 6 heteroatoms. The molecule has 1 atom stereocenters. The molecule has 0 unspecified atom stereocenters. The molecule has 0 aliphatic carbocycles. The lowest BCUT2D eigenvalue weighted by molar-refractivity contribution is 0.518. The lowest BCUT2D eigenvalue weighted by atomic mass is 9.99. The monoisotopic (exact) mass is 423 g/mol.